The lowest BCUT2D eigenvalue weighted by Gasteiger charge is -2.35. The van der Waals surface area contributed by atoms with Gasteiger partial charge in [0.1, 0.15) is 5.76 Å². The maximum atomic E-state index is 12.9. The van der Waals surface area contributed by atoms with E-state index in [0.29, 0.717) is 18.7 Å². The van der Waals surface area contributed by atoms with Crippen LogP contribution in [0, 0.1) is 0 Å². The maximum absolute atomic E-state index is 12.9. The van der Waals surface area contributed by atoms with Crippen LogP contribution in [-0.4, -0.2) is 26.9 Å². The van der Waals surface area contributed by atoms with Crippen LogP contribution in [0.3, 0.4) is 0 Å². The van der Waals surface area contributed by atoms with Gasteiger partial charge in [-0.2, -0.15) is 0 Å². The van der Waals surface area contributed by atoms with Gasteiger partial charge < -0.3 is 13.9 Å². The number of nitrogens with zero attached hydrogens (tertiary/aromatic N) is 3. The van der Waals surface area contributed by atoms with E-state index in [1.54, 1.807) is 6.20 Å². The number of rotatable bonds is 4. The molecule has 0 saturated carbocycles. The van der Waals surface area contributed by atoms with Gasteiger partial charge >= 0.3 is 5.91 Å². The molecule has 3 heterocycles. The van der Waals surface area contributed by atoms with Crippen molar-refractivity contribution in [3.05, 3.63) is 77.8 Å². The summed E-state index contributed by atoms with van der Waals surface area (Å²) in [5, 5.41) is 0. The van der Waals surface area contributed by atoms with Crippen molar-refractivity contribution in [2.24, 2.45) is 0 Å². The Morgan fingerprint density at radius 1 is 1.20 bits per heavy atom. The van der Waals surface area contributed by atoms with Gasteiger partial charge in [0.2, 0.25) is 0 Å². The molecule has 0 aliphatic carbocycles. The Balaban J connectivity index is 1.53. The molecular weight excluding hydrogens is 314 g/mol. The third-order valence-corrected chi connectivity index (χ3v) is 4.77. The molecule has 1 aliphatic rings. The molecule has 0 bridgehead atoms. The number of fused-ring (bicyclic) bond motifs is 1. The molecule has 5 heteroatoms. The maximum Gasteiger partial charge on any atom is 0.310 e. The number of benzene rings is 1. The first-order chi connectivity index (χ1) is 12.3. The fourth-order valence-electron chi connectivity index (χ4n) is 3.55. The van der Waals surface area contributed by atoms with Gasteiger partial charge in [-0.15, -0.1) is 0 Å². The van der Waals surface area contributed by atoms with Crippen LogP contribution in [-0.2, 0) is 13.0 Å². The highest BCUT2D eigenvalue weighted by atomic mass is 16.4. The molecule has 0 fully saturated rings. The number of oxazole rings is 1. The zero-order valence-corrected chi connectivity index (χ0v) is 14.3. The van der Waals surface area contributed by atoms with Gasteiger partial charge in [0, 0.05) is 31.4 Å². The van der Waals surface area contributed by atoms with Crippen molar-refractivity contribution >= 4 is 5.91 Å². The van der Waals surface area contributed by atoms with Gasteiger partial charge in [-0.1, -0.05) is 37.3 Å². The van der Waals surface area contributed by atoms with Crippen molar-refractivity contribution < 1.29 is 9.21 Å². The fourth-order valence-corrected chi connectivity index (χ4v) is 3.55. The minimum atomic E-state index is -0.126. The first-order valence-corrected chi connectivity index (χ1v) is 8.71. The molecular formula is C20H21N3O2. The number of hydrogen-bond acceptors (Lipinski definition) is 3. The Labute approximate surface area is 146 Å². The van der Waals surface area contributed by atoms with Crippen LogP contribution in [0.2, 0.25) is 0 Å². The number of hydrogen-bond donors (Lipinski definition) is 0. The molecule has 3 aromatic rings. The Morgan fingerprint density at radius 2 is 2.04 bits per heavy atom. The fraction of sp³-hybridized carbons (Fsp3) is 0.300. The quantitative estimate of drug-likeness (QED) is 0.731. The molecule has 1 aromatic carbocycles. The van der Waals surface area contributed by atoms with Crippen molar-refractivity contribution in [3.63, 3.8) is 0 Å². The lowest BCUT2D eigenvalue weighted by atomic mass is 10.1. The second-order valence-corrected chi connectivity index (χ2v) is 6.34. The van der Waals surface area contributed by atoms with E-state index >= 15 is 0 Å². The molecule has 1 amide bonds. The standard InChI is InChI=1S/C20H21N3O2/c1-2-17-18-9-6-10-22(18)11-12-23(17)20(24)19-21-14-16(25-19)13-15-7-4-3-5-8-15/h3-10,14,17H,2,11-13H2,1H3. The molecule has 0 spiro atoms. The number of carbonyl (C=O) groups excluding carboxylic acids is 1. The van der Waals surface area contributed by atoms with E-state index in [9.17, 15) is 4.79 Å². The third kappa shape index (κ3) is 2.97. The number of carbonyl (C=O) groups is 1. The summed E-state index contributed by atoms with van der Waals surface area (Å²) in [5.74, 6) is 0.769. The first kappa shape index (κ1) is 15.7. The molecule has 5 nitrogen and oxygen atoms in total. The largest absolute Gasteiger partial charge is 0.437 e. The Hall–Kier alpha value is -2.82. The number of amides is 1. The minimum Gasteiger partial charge on any atom is -0.437 e. The summed E-state index contributed by atoms with van der Waals surface area (Å²) >= 11 is 0. The van der Waals surface area contributed by atoms with Crippen molar-refractivity contribution in [1.82, 2.24) is 14.5 Å². The van der Waals surface area contributed by atoms with E-state index in [0.717, 1.165) is 18.5 Å². The van der Waals surface area contributed by atoms with Crippen molar-refractivity contribution in [2.45, 2.75) is 32.4 Å². The smallest absolute Gasteiger partial charge is 0.310 e. The van der Waals surface area contributed by atoms with E-state index in [-0.39, 0.29) is 17.8 Å². The molecule has 1 unspecified atom stereocenters. The monoisotopic (exact) mass is 335 g/mol. The zero-order valence-electron chi connectivity index (χ0n) is 14.3. The first-order valence-electron chi connectivity index (χ1n) is 8.71. The van der Waals surface area contributed by atoms with E-state index in [4.69, 9.17) is 4.42 Å². The second-order valence-electron chi connectivity index (χ2n) is 6.34. The molecule has 1 atom stereocenters. The molecule has 25 heavy (non-hydrogen) atoms. The Kier molecular flexibility index (Phi) is 4.14. The van der Waals surface area contributed by atoms with E-state index in [1.807, 2.05) is 41.3 Å². The van der Waals surface area contributed by atoms with Crippen LogP contribution < -0.4 is 0 Å². The Bertz CT molecular complexity index is 866. The van der Waals surface area contributed by atoms with E-state index in [2.05, 4.69) is 28.7 Å². The van der Waals surface area contributed by atoms with Crippen molar-refractivity contribution in [3.8, 4) is 0 Å². The summed E-state index contributed by atoms with van der Waals surface area (Å²) in [6.45, 7) is 3.58. The summed E-state index contributed by atoms with van der Waals surface area (Å²) < 4.78 is 7.97. The lowest BCUT2D eigenvalue weighted by molar-refractivity contribution is 0.0575. The second kappa shape index (κ2) is 6.59. The van der Waals surface area contributed by atoms with Crippen LogP contribution in [0.4, 0.5) is 0 Å². The Morgan fingerprint density at radius 3 is 2.84 bits per heavy atom. The van der Waals surface area contributed by atoms with E-state index in [1.165, 1.54) is 5.69 Å². The predicted octanol–water partition coefficient (Wildman–Crippen LogP) is 3.67. The average Bonchev–Trinajstić information content (AvgIpc) is 3.30. The lowest BCUT2D eigenvalue weighted by Crippen LogP contribution is -2.41. The average molecular weight is 335 g/mol. The highest BCUT2D eigenvalue weighted by Gasteiger charge is 2.32. The van der Waals surface area contributed by atoms with Gasteiger partial charge in [0.25, 0.3) is 5.89 Å². The summed E-state index contributed by atoms with van der Waals surface area (Å²) in [5.41, 5.74) is 2.32. The van der Waals surface area contributed by atoms with Gasteiger partial charge in [0.15, 0.2) is 0 Å². The van der Waals surface area contributed by atoms with Crippen LogP contribution in [0.25, 0.3) is 0 Å². The zero-order chi connectivity index (χ0) is 17.2. The normalized spacial score (nSPS) is 16.7. The highest BCUT2D eigenvalue weighted by Crippen LogP contribution is 2.30. The summed E-state index contributed by atoms with van der Waals surface area (Å²) in [7, 11) is 0. The predicted molar refractivity (Wildman–Crippen MR) is 94.3 cm³/mol. The topological polar surface area (TPSA) is 51.3 Å². The van der Waals surface area contributed by atoms with Gasteiger partial charge in [-0.3, -0.25) is 4.79 Å². The van der Waals surface area contributed by atoms with Crippen LogP contribution in [0.15, 0.2) is 59.3 Å². The summed E-state index contributed by atoms with van der Waals surface area (Å²) in [6, 6.07) is 14.2. The van der Waals surface area contributed by atoms with Crippen molar-refractivity contribution in [2.75, 3.05) is 6.54 Å². The third-order valence-electron chi connectivity index (χ3n) is 4.77. The molecule has 0 saturated heterocycles. The molecule has 0 radical (unpaired) electrons. The number of aromatic nitrogens is 2. The SMILES string of the molecule is CCC1c2cccn2CCN1C(=O)c1ncc(Cc2ccccc2)o1. The van der Waals surface area contributed by atoms with Crippen LogP contribution in [0.1, 0.15) is 47.1 Å². The van der Waals surface area contributed by atoms with Gasteiger partial charge in [-0.05, 0) is 24.1 Å². The van der Waals surface area contributed by atoms with Gasteiger partial charge in [0.05, 0.1) is 12.2 Å². The molecule has 1 aliphatic heterocycles. The van der Waals surface area contributed by atoms with Crippen LogP contribution in [0.5, 0.6) is 0 Å². The van der Waals surface area contributed by atoms with Crippen molar-refractivity contribution in [1.29, 1.82) is 0 Å². The van der Waals surface area contributed by atoms with Crippen LogP contribution >= 0.6 is 0 Å². The minimum absolute atomic E-state index is 0.0701. The summed E-state index contributed by atoms with van der Waals surface area (Å²) in [6.07, 6.45) is 5.24. The molecule has 0 N–H and O–H groups in total. The summed E-state index contributed by atoms with van der Waals surface area (Å²) in [4.78, 5) is 19.0. The molecule has 4 rings (SSSR count). The molecule has 128 valence electrons. The van der Waals surface area contributed by atoms with E-state index < -0.39 is 0 Å². The molecule has 2 aromatic heterocycles. The highest BCUT2D eigenvalue weighted by molar-refractivity contribution is 5.90. The van der Waals surface area contributed by atoms with Gasteiger partial charge in [-0.25, -0.2) is 4.98 Å².